The molecule has 0 aliphatic heterocycles. The molecule has 0 aliphatic rings. The summed E-state index contributed by atoms with van der Waals surface area (Å²) in [5.74, 6) is -0.763. The summed E-state index contributed by atoms with van der Waals surface area (Å²) < 4.78 is 4.90. The lowest BCUT2D eigenvalue weighted by Gasteiger charge is -2.36. The Balaban J connectivity index is 4.58. The fourth-order valence-corrected chi connectivity index (χ4v) is 1.40. The standard InChI is InChI=1S/C12H24O4/c1-7(2)9(13)12(5,6)11(15)16-10(14)8(3)4/h7-9,11,13,15H,1-6H3. The number of ether oxygens (including phenoxy) is 1. The van der Waals surface area contributed by atoms with E-state index < -0.39 is 23.8 Å². The number of carbonyl (C=O) groups excluding carboxylic acids is 1. The molecular formula is C12H24O4. The summed E-state index contributed by atoms with van der Waals surface area (Å²) in [6.45, 7) is 10.4. The normalized spacial score (nSPS) is 16.4. The molecule has 0 spiro atoms. The largest absolute Gasteiger partial charge is 0.435 e. The molecule has 16 heavy (non-hydrogen) atoms. The van der Waals surface area contributed by atoms with Crippen LogP contribution in [0.4, 0.5) is 0 Å². The zero-order valence-corrected chi connectivity index (χ0v) is 11.0. The molecule has 0 aliphatic carbocycles. The fourth-order valence-electron chi connectivity index (χ4n) is 1.40. The van der Waals surface area contributed by atoms with E-state index in [9.17, 15) is 15.0 Å². The van der Waals surface area contributed by atoms with Crippen LogP contribution >= 0.6 is 0 Å². The number of hydrogen-bond donors (Lipinski definition) is 2. The van der Waals surface area contributed by atoms with Crippen molar-refractivity contribution in [2.75, 3.05) is 0 Å². The Hall–Kier alpha value is -0.610. The van der Waals surface area contributed by atoms with Crippen LogP contribution in [0, 0.1) is 17.3 Å². The quantitative estimate of drug-likeness (QED) is 0.557. The van der Waals surface area contributed by atoms with Gasteiger partial charge in [0.25, 0.3) is 0 Å². The van der Waals surface area contributed by atoms with E-state index in [0.29, 0.717) is 0 Å². The van der Waals surface area contributed by atoms with Gasteiger partial charge < -0.3 is 14.9 Å². The average molecular weight is 232 g/mol. The van der Waals surface area contributed by atoms with Crippen molar-refractivity contribution in [3.8, 4) is 0 Å². The molecule has 0 rings (SSSR count). The van der Waals surface area contributed by atoms with Crippen molar-refractivity contribution in [3.05, 3.63) is 0 Å². The van der Waals surface area contributed by atoms with Gasteiger partial charge >= 0.3 is 5.97 Å². The second-order valence-electron chi connectivity index (χ2n) is 5.45. The predicted molar refractivity (Wildman–Crippen MR) is 61.6 cm³/mol. The highest BCUT2D eigenvalue weighted by Crippen LogP contribution is 2.30. The summed E-state index contributed by atoms with van der Waals surface area (Å²) in [5.41, 5.74) is -0.876. The maximum atomic E-state index is 11.3. The van der Waals surface area contributed by atoms with Gasteiger partial charge in [0.1, 0.15) is 0 Å². The van der Waals surface area contributed by atoms with Crippen molar-refractivity contribution < 1.29 is 19.7 Å². The maximum Gasteiger partial charge on any atom is 0.310 e. The molecule has 0 bridgehead atoms. The van der Waals surface area contributed by atoms with Gasteiger partial charge in [0.15, 0.2) is 0 Å². The first-order valence-corrected chi connectivity index (χ1v) is 5.67. The smallest absolute Gasteiger partial charge is 0.310 e. The molecule has 2 unspecified atom stereocenters. The molecular weight excluding hydrogens is 208 g/mol. The van der Waals surface area contributed by atoms with Crippen LogP contribution in [0.5, 0.6) is 0 Å². The molecule has 4 heteroatoms. The Kier molecular flexibility index (Phi) is 5.42. The van der Waals surface area contributed by atoms with Gasteiger partial charge in [0.2, 0.25) is 6.29 Å². The Morgan fingerprint density at radius 3 is 1.88 bits per heavy atom. The molecule has 2 N–H and O–H groups in total. The first-order chi connectivity index (χ1) is 7.10. The van der Waals surface area contributed by atoms with E-state index in [1.54, 1.807) is 27.7 Å². The molecule has 0 fully saturated rings. The number of carbonyl (C=O) groups is 1. The van der Waals surface area contributed by atoms with Gasteiger partial charge in [0.05, 0.1) is 17.4 Å². The average Bonchev–Trinajstić information content (AvgIpc) is 2.15. The van der Waals surface area contributed by atoms with Crippen LogP contribution in [-0.4, -0.2) is 28.6 Å². The van der Waals surface area contributed by atoms with E-state index in [0.717, 1.165) is 0 Å². The zero-order chi connectivity index (χ0) is 13.1. The summed E-state index contributed by atoms with van der Waals surface area (Å²) in [4.78, 5) is 11.3. The van der Waals surface area contributed by atoms with Gasteiger partial charge in [-0.05, 0) is 5.92 Å². The Labute approximate surface area is 97.6 Å². The van der Waals surface area contributed by atoms with E-state index >= 15 is 0 Å². The minimum atomic E-state index is -1.29. The highest BCUT2D eigenvalue weighted by atomic mass is 16.6. The Morgan fingerprint density at radius 2 is 1.56 bits per heavy atom. The zero-order valence-electron chi connectivity index (χ0n) is 11.0. The topological polar surface area (TPSA) is 66.8 Å². The van der Waals surface area contributed by atoms with Crippen LogP contribution in [0.2, 0.25) is 0 Å². The van der Waals surface area contributed by atoms with Crippen LogP contribution in [0.1, 0.15) is 41.5 Å². The molecule has 0 heterocycles. The molecule has 0 saturated heterocycles. The Morgan fingerprint density at radius 1 is 1.12 bits per heavy atom. The summed E-state index contributed by atoms with van der Waals surface area (Å²) in [6, 6.07) is 0. The van der Waals surface area contributed by atoms with Gasteiger partial charge in [0, 0.05) is 0 Å². The van der Waals surface area contributed by atoms with Crippen molar-refractivity contribution >= 4 is 5.97 Å². The predicted octanol–water partition coefficient (Wildman–Crippen LogP) is 1.55. The Bertz CT molecular complexity index is 233. The van der Waals surface area contributed by atoms with Gasteiger partial charge in [-0.15, -0.1) is 0 Å². The summed E-state index contributed by atoms with van der Waals surface area (Å²) >= 11 is 0. The molecule has 2 atom stereocenters. The molecule has 0 aromatic carbocycles. The molecule has 0 aromatic rings. The molecule has 0 saturated carbocycles. The van der Waals surface area contributed by atoms with Gasteiger partial charge in [-0.25, -0.2) is 0 Å². The second kappa shape index (κ2) is 5.64. The molecule has 0 aromatic heterocycles. The number of esters is 1. The van der Waals surface area contributed by atoms with Crippen molar-refractivity contribution in [2.45, 2.75) is 53.9 Å². The molecule has 0 radical (unpaired) electrons. The van der Waals surface area contributed by atoms with Crippen molar-refractivity contribution in [3.63, 3.8) is 0 Å². The minimum absolute atomic E-state index is 0.0117. The summed E-state index contributed by atoms with van der Waals surface area (Å²) in [6.07, 6.45) is -2.03. The van der Waals surface area contributed by atoms with E-state index in [1.165, 1.54) is 0 Å². The monoisotopic (exact) mass is 232 g/mol. The highest BCUT2D eigenvalue weighted by molar-refractivity contribution is 5.71. The summed E-state index contributed by atoms with van der Waals surface area (Å²) in [7, 11) is 0. The van der Waals surface area contributed by atoms with Crippen LogP contribution in [0.25, 0.3) is 0 Å². The molecule has 96 valence electrons. The number of aliphatic hydroxyl groups excluding tert-OH is 2. The third-order valence-corrected chi connectivity index (χ3v) is 2.73. The van der Waals surface area contributed by atoms with Crippen LogP contribution in [0.15, 0.2) is 0 Å². The third-order valence-electron chi connectivity index (χ3n) is 2.73. The van der Waals surface area contributed by atoms with Gasteiger partial charge in [-0.3, -0.25) is 4.79 Å². The van der Waals surface area contributed by atoms with Crippen LogP contribution in [-0.2, 0) is 9.53 Å². The van der Waals surface area contributed by atoms with Crippen molar-refractivity contribution in [2.24, 2.45) is 17.3 Å². The number of rotatable bonds is 5. The van der Waals surface area contributed by atoms with Crippen LogP contribution in [0.3, 0.4) is 0 Å². The molecule has 0 amide bonds. The number of hydrogen-bond acceptors (Lipinski definition) is 4. The third kappa shape index (κ3) is 3.76. The molecule has 4 nitrogen and oxygen atoms in total. The van der Waals surface area contributed by atoms with E-state index in [1.807, 2.05) is 13.8 Å². The highest BCUT2D eigenvalue weighted by Gasteiger charge is 2.39. The number of aliphatic hydroxyl groups is 2. The lowest BCUT2D eigenvalue weighted by molar-refractivity contribution is -0.210. The summed E-state index contributed by atoms with van der Waals surface area (Å²) in [5, 5.41) is 19.7. The van der Waals surface area contributed by atoms with Crippen molar-refractivity contribution in [1.82, 2.24) is 0 Å². The SMILES string of the molecule is CC(C)C(=O)OC(O)C(C)(C)C(O)C(C)C. The van der Waals surface area contributed by atoms with Crippen LogP contribution < -0.4 is 0 Å². The lowest BCUT2D eigenvalue weighted by atomic mass is 9.80. The first kappa shape index (κ1) is 15.4. The maximum absolute atomic E-state index is 11.3. The minimum Gasteiger partial charge on any atom is -0.435 e. The van der Waals surface area contributed by atoms with Gasteiger partial charge in [-0.1, -0.05) is 41.5 Å². The first-order valence-electron chi connectivity index (χ1n) is 5.67. The van der Waals surface area contributed by atoms with E-state index in [4.69, 9.17) is 4.74 Å². The van der Waals surface area contributed by atoms with Gasteiger partial charge in [-0.2, -0.15) is 0 Å². The fraction of sp³-hybridized carbons (Fsp3) is 0.917. The van der Waals surface area contributed by atoms with E-state index in [2.05, 4.69) is 0 Å². The second-order valence-corrected chi connectivity index (χ2v) is 5.45. The van der Waals surface area contributed by atoms with E-state index in [-0.39, 0.29) is 11.8 Å². The lowest BCUT2D eigenvalue weighted by Crippen LogP contribution is -2.45. The van der Waals surface area contributed by atoms with Crippen molar-refractivity contribution in [1.29, 1.82) is 0 Å².